The molecule has 1 aliphatic carbocycles. The fourth-order valence-corrected chi connectivity index (χ4v) is 4.60. The number of likely N-dealkylation sites (tertiary alicyclic amines) is 1. The number of halogens is 1. The fraction of sp³-hybridized carbons (Fsp3) is 0.667. The van der Waals surface area contributed by atoms with Crippen LogP contribution in [0.5, 0.6) is 0 Å². The van der Waals surface area contributed by atoms with Crippen LogP contribution in [0, 0.1) is 5.41 Å². The van der Waals surface area contributed by atoms with Gasteiger partial charge in [-0.3, -0.25) is 4.98 Å². The van der Waals surface area contributed by atoms with Crippen molar-refractivity contribution in [3.05, 3.63) is 28.5 Å². The normalized spacial score (nSPS) is 22.1. The van der Waals surface area contributed by atoms with Gasteiger partial charge in [0.05, 0.1) is 5.60 Å². The SMILES string of the molecule is CC(C)(C)OC(=O)N1CCC2(CC1)CC(O)(c1ccncc1Br)C2. The quantitative estimate of drug-likeness (QED) is 0.782. The van der Waals surface area contributed by atoms with Crippen molar-refractivity contribution in [1.82, 2.24) is 9.88 Å². The topological polar surface area (TPSA) is 62.7 Å². The van der Waals surface area contributed by atoms with Crippen LogP contribution in [0.2, 0.25) is 0 Å². The van der Waals surface area contributed by atoms with Crippen molar-refractivity contribution in [2.45, 2.75) is 57.7 Å². The van der Waals surface area contributed by atoms with E-state index in [0.29, 0.717) is 13.1 Å². The van der Waals surface area contributed by atoms with Gasteiger partial charge in [-0.05, 0) is 73.9 Å². The molecule has 5 nitrogen and oxygen atoms in total. The van der Waals surface area contributed by atoms with Gasteiger partial charge in [0, 0.05) is 35.5 Å². The zero-order chi connectivity index (χ0) is 17.6. The van der Waals surface area contributed by atoms with Gasteiger partial charge < -0.3 is 14.7 Å². The number of nitrogens with zero attached hydrogens (tertiary/aromatic N) is 2. The van der Waals surface area contributed by atoms with Gasteiger partial charge in [-0.25, -0.2) is 4.79 Å². The van der Waals surface area contributed by atoms with E-state index in [2.05, 4.69) is 20.9 Å². The van der Waals surface area contributed by atoms with E-state index in [9.17, 15) is 9.90 Å². The van der Waals surface area contributed by atoms with Crippen LogP contribution in [0.4, 0.5) is 4.79 Å². The standard InChI is InChI=1S/C18H25BrN2O3/c1-16(2,3)24-15(22)21-8-5-17(6-9-21)11-18(23,12-17)13-4-7-20-10-14(13)19/h4,7,10,23H,5-6,8-9,11-12H2,1-3H3. The highest BCUT2D eigenvalue weighted by molar-refractivity contribution is 9.10. The molecular weight excluding hydrogens is 372 g/mol. The summed E-state index contributed by atoms with van der Waals surface area (Å²) in [7, 11) is 0. The van der Waals surface area contributed by atoms with E-state index in [4.69, 9.17) is 4.74 Å². The Kier molecular flexibility index (Phi) is 4.41. The maximum atomic E-state index is 12.2. The predicted octanol–water partition coefficient (Wildman–Crippen LogP) is 3.84. The minimum atomic E-state index is -0.782. The van der Waals surface area contributed by atoms with Crippen molar-refractivity contribution in [2.75, 3.05) is 13.1 Å². The van der Waals surface area contributed by atoms with Crippen molar-refractivity contribution in [3.63, 3.8) is 0 Å². The van der Waals surface area contributed by atoms with Crippen LogP contribution in [0.25, 0.3) is 0 Å². The molecule has 0 atom stereocenters. The van der Waals surface area contributed by atoms with Crippen LogP contribution in [0.15, 0.2) is 22.9 Å². The summed E-state index contributed by atoms with van der Waals surface area (Å²) in [6, 6.07) is 1.88. The van der Waals surface area contributed by atoms with Crippen LogP contribution < -0.4 is 0 Å². The molecule has 1 aliphatic heterocycles. The number of aromatic nitrogens is 1. The summed E-state index contributed by atoms with van der Waals surface area (Å²) in [5.74, 6) is 0. The Hall–Kier alpha value is -1.14. The molecule has 1 saturated heterocycles. The third-order valence-electron chi connectivity index (χ3n) is 5.08. The molecule has 2 heterocycles. The fourth-order valence-electron chi connectivity index (χ4n) is 3.98. The molecule has 0 aromatic carbocycles. The van der Waals surface area contributed by atoms with Gasteiger partial charge in [0.1, 0.15) is 5.60 Å². The number of pyridine rings is 1. The molecule has 1 amide bonds. The van der Waals surface area contributed by atoms with E-state index in [-0.39, 0.29) is 11.5 Å². The molecule has 1 spiro atoms. The van der Waals surface area contributed by atoms with Crippen LogP contribution in [0.3, 0.4) is 0 Å². The Labute approximate surface area is 151 Å². The number of amides is 1. The molecule has 132 valence electrons. The first-order chi connectivity index (χ1) is 11.1. The summed E-state index contributed by atoms with van der Waals surface area (Å²) in [4.78, 5) is 18.0. The number of piperidine rings is 1. The second-order valence-corrected chi connectivity index (χ2v) is 9.06. The molecule has 3 rings (SSSR count). The Morgan fingerprint density at radius 2 is 1.96 bits per heavy atom. The summed E-state index contributed by atoms with van der Waals surface area (Å²) in [6.07, 6.45) is 6.52. The van der Waals surface area contributed by atoms with Gasteiger partial charge in [-0.1, -0.05) is 0 Å². The Balaban J connectivity index is 1.59. The van der Waals surface area contributed by atoms with Crippen molar-refractivity contribution in [2.24, 2.45) is 5.41 Å². The van der Waals surface area contributed by atoms with Gasteiger partial charge in [0.25, 0.3) is 0 Å². The number of aliphatic hydroxyl groups is 1. The molecule has 24 heavy (non-hydrogen) atoms. The molecular formula is C18H25BrN2O3. The second-order valence-electron chi connectivity index (χ2n) is 8.21. The third kappa shape index (κ3) is 3.45. The van der Waals surface area contributed by atoms with E-state index in [1.807, 2.05) is 26.8 Å². The molecule has 1 saturated carbocycles. The first-order valence-electron chi connectivity index (χ1n) is 8.43. The van der Waals surface area contributed by atoms with Gasteiger partial charge in [0.2, 0.25) is 0 Å². The highest BCUT2D eigenvalue weighted by Gasteiger charge is 2.56. The smallest absolute Gasteiger partial charge is 0.410 e. The molecule has 1 N–H and O–H groups in total. The Morgan fingerprint density at radius 3 is 2.50 bits per heavy atom. The number of carbonyl (C=O) groups excluding carboxylic acids is 1. The summed E-state index contributed by atoms with van der Waals surface area (Å²) in [5.41, 5.74) is -0.194. The van der Waals surface area contributed by atoms with E-state index in [1.165, 1.54) is 0 Å². The maximum Gasteiger partial charge on any atom is 0.410 e. The van der Waals surface area contributed by atoms with Gasteiger partial charge in [0.15, 0.2) is 0 Å². The Morgan fingerprint density at radius 1 is 1.33 bits per heavy atom. The monoisotopic (exact) mass is 396 g/mol. The van der Waals surface area contributed by atoms with Gasteiger partial charge >= 0.3 is 6.09 Å². The van der Waals surface area contributed by atoms with Crippen molar-refractivity contribution < 1.29 is 14.6 Å². The van der Waals surface area contributed by atoms with Crippen molar-refractivity contribution in [1.29, 1.82) is 0 Å². The molecule has 0 radical (unpaired) electrons. The first kappa shape index (κ1) is 17.7. The molecule has 1 aromatic rings. The van der Waals surface area contributed by atoms with E-state index >= 15 is 0 Å². The zero-order valence-electron chi connectivity index (χ0n) is 14.5. The average Bonchev–Trinajstić information content (AvgIpc) is 2.45. The van der Waals surface area contributed by atoms with Crippen LogP contribution in [0.1, 0.15) is 52.0 Å². The van der Waals surface area contributed by atoms with Crippen molar-refractivity contribution in [3.8, 4) is 0 Å². The van der Waals surface area contributed by atoms with Gasteiger partial charge in [-0.2, -0.15) is 0 Å². The number of hydrogen-bond donors (Lipinski definition) is 1. The van der Waals surface area contributed by atoms with Crippen LogP contribution in [-0.2, 0) is 10.3 Å². The second kappa shape index (κ2) is 5.99. The largest absolute Gasteiger partial charge is 0.444 e. The molecule has 1 aromatic heterocycles. The van der Waals surface area contributed by atoms with Crippen LogP contribution >= 0.6 is 15.9 Å². The number of ether oxygens (including phenoxy) is 1. The minimum Gasteiger partial charge on any atom is -0.444 e. The molecule has 2 aliphatic rings. The number of rotatable bonds is 1. The zero-order valence-corrected chi connectivity index (χ0v) is 16.1. The van der Waals surface area contributed by atoms with E-state index < -0.39 is 11.2 Å². The molecule has 2 fully saturated rings. The number of carbonyl (C=O) groups is 1. The molecule has 0 bridgehead atoms. The summed E-state index contributed by atoms with van der Waals surface area (Å²) >= 11 is 3.48. The Bertz CT molecular complexity index is 625. The minimum absolute atomic E-state index is 0.135. The maximum absolute atomic E-state index is 12.2. The lowest BCUT2D eigenvalue weighted by atomic mass is 9.53. The lowest BCUT2D eigenvalue weighted by Crippen LogP contribution is -2.55. The summed E-state index contributed by atoms with van der Waals surface area (Å²) in [5, 5.41) is 10.9. The number of hydrogen-bond acceptors (Lipinski definition) is 4. The first-order valence-corrected chi connectivity index (χ1v) is 9.22. The lowest BCUT2D eigenvalue weighted by Gasteiger charge is -2.57. The summed E-state index contributed by atoms with van der Waals surface area (Å²) < 4.78 is 6.30. The van der Waals surface area contributed by atoms with Crippen LogP contribution in [-0.4, -0.2) is 39.8 Å². The highest BCUT2D eigenvalue weighted by Crippen LogP contribution is 2.59. The van der Waals surface area contributed by atoms with E-state index in [0.717, 1.165) is 35.7 Å². The third-order valence-corrected chi connectivity index (χ3v) is 5.72. The highest BCUT2D eigenvalue weighted by atomic mass is 79.9. The average molecular weight is 397 g/mol. The molecule has 6 heteroatoms. The summed E-state index contributed by atoms with van der Waals surface area (Å²) in [6.45, 7) is 7.05. The van der Waals surface area contributed by atoms with Crippen molar-refractivity contribution >= 4 is 22.0 Å². The lowest BCUT2D eigenvalue weighted by molar-refractivity contribution is -0.154. The van der Waals surface area contributed by atoms with E-state index in [1.54, 1.807) is 17.3 Å². The molecule has 0 unspecified atom stereocenters. The predicted molar refractivity (Wildman–Crippen MR) is 94.5 cm³/mol. The van der Waals surface area contributed by atoms with Gasteiger partial charge in [-0.15, -0.1) is 0 Å².